The Morgan fingerprint density at radius 3 is 1.92 bits per heavy atom. The van der Waals surface area contributed by atoms with E-state index in [1.165, 1.54) is 32.4 Å². The summed E-state index contributed by atoms with van der Waals surface area (Å²) >= 11 is 12.7. The summed E-state index contributed by atoms with van der Waals surface area (Å²) in [7, 11) is 0. The van der Waals surface area contributed by atoms with Crippen LogP contribution in [0.25, 0.3) is 0 Å². The maximum atomic E-state index is 4.20. The Balaban J connectivity index is 0.000000354. The summed E-state index contributed by atoms with van der Waals surface area (Å²) < 4.78 is 3.23. The van der Waals surface area contributed by atoms with E-state index in [0.29, 0.717) is 0 Å². The van der Waals surface area contributed by atoms with E-state index < -0.39 is 0 Å². The second-order valence-electron chi connectivity index (χ2n) is 2.44. The van der Waals surface area contributed by atoms with Gasteiger partial charge in [-0.05, 0) is 19.0 Å². The molecule has 0 saturated carbocycles. The van der Waals surface area contributed by atoms with Gasteiger partial charge in [-0.1, -0.05) is 0 Å². The minimum absolute atomic E-state index is 0.290. The zero-order valence-electron chi connectivity index (χ0n) is 6.63. The van der Waals surface area contributed by atoms with Crippen molar-refractivity contribution in [3.8, 4) is 0 Å². The van der Waals surface area contributed by atoms with Crippen molar-refractivity contribution in [3.63, 3.8) is 0 Å². The van der Waals surface area contributed by atoms with Gasteiger partial charge in [-0.2, -0.15) is 4.58 Å². The summed E-state index contributed by atoms with van der Waals surface area (Å²) in [5.74, 6) is 0. The summed E-state index contributed by atoms with van der Waals surface area (Å²) in [5, 5.41) is 0. The molecule has 12 heavy (non-hydrogen) atoms. The quantitative estimate of drug-likeness (QED) is 0.120. The Hall–Kier alpha value is 2.65. The molecular formula is C6H13I2NS2Sb+2. The predicted octanol–water partition coefficient (Wildman–Crippen LogP) is 1.87. The second-order valence-corrected chi connectivity index (χ2v) is 23.0. The predicted molar refractivity (Wildman–Crippen MR) is 81.8 cm³/mol. The van der Waals surface area contributed by atoms with Crippen LogP contribution in [0.2, 0.25) is 0 Å². The monoisotopic (exact) mass is 538 g/mol. The molecule has 1 aliphatic rings. The Kier molecular flexibility index (Phi) is 12.4. The van der Waals surface area contributed by atoms with Gasteiger partial charge in [0, 0.05) is 12.8 Å². The molecular weight excluding hydrogens is 526 g/mol. The van der Waals surface area contributed by atoms with Crippen LogP contribution in [0.15, 0.2) is 0 Å². The van der Waals surface area contributed by atoms with Gasteiger partial charge in [-0.15, -0.1) is 0 Å². The number of piperidine rings is 1. The van der Waals surface area contributed by atoms with E-state index >= 15 is 0 Å². The average molecular weight is 539 g/mol. The van der Waals surface area contributed by atoms with Gasteiger partial charge in [0.2, 0.25) is 0 Å². The number of halogens is 2. The van der Waals surface area contributed by atoms with Crippen molar-refractivity contribution < 1.29 is 4.58 Å². The fourth-order valence-corrected chi connectivity index (χ4v) is 1.53. The maximum absolute atomic E-state index is 4.20. The van der Waals surface area contributed by atoms with Gasteiger partial charge in [0.25, 0.3) is 0 Å². The van der Waals surface area contributed by atoms with Crippen molar-refractivity contribution >= 4 is 80.2 Å². The van der Waals surface area contributed by atoms with Crippen molar-refractivity contribution in [3.05, 3.63) is 0 Å². The molecule has 0 aromatic rings. The zero-order valence-corrected chi connectivity index (χ0v) is 15.4. The molecule has 0 aromatic heterocycles. The standard InChI is InChI=1S/C6H11NS2.2HI.Sb/c8-6(9)7-4-2-1-3-5-7;;;/h1-5H2,(H,8,9);2*1H;/q;;;+2. The van der Waals surface area contributed by atoms with E-state index in [9.17, 15) is 0 Å². The number of hydrogen-bond donors (Lipinski definition) is 1. The van der Waals surface area contributed by atoms with Crippen LogP contribution in [-0.4, -0.2) is 35.6 Å². The topological polar surface area (TPSA) is 3.01 Å². The van der Waals surface area contributed by atoms with E-state index in [1.807, 2.05) is 0 Å². The molecule has 1 nitrogen and oxygen atoms in total. The molecule has 71 valence electrons. The Morgan fingerprint density at radius 2 is 1.67 bits per heavy atom. The van der Waals surface area contributed by atoms with Gasteiger partial charge in [0.05, 0.1) is 12.6 Å². The molecule has 1 radical (unpaired) electrons. The Bertz CT molecular complexity index is 142. The SMILES string of the molecule is SC([SH2+])=[N+]1CCCCC1.[I][Sb][I]. The fourth-order valence-electron chi connectivity index (χ4n) is 1.11. The van der Waals surface area contributed by atoms with Crippen LogP contribution in [0.3, 0.4) is 0 Å². The van der Waals surface area contributed by atoms with Crippen molar-refractivity contribution in [2.75, 3.05) is 13.1 Å². The van der Waals surface area contributed by atoms with Crippen LogP contribution in [0.1, 0.15) is 19.3 Å². The average Bonchev–Trinajstić information content (AvgIpc) is 2.07. The second kappa shape index (κ2) is 10.2. The van der Waals surface area contributed by atoms with Crippen LogP contribution in [0.4, 0.5) is 0 Å². The first-order chi connectivity index (χ1) is 5.72. The first-order valence-corrected chi connectivity index (χ1v) is 19.5. The third-order valence-corrected chi connectivity index (χ3v) is 2.25. The fraction of sp³-hybridized carbons (Fsp3) is 0.833. The summed E-state index contributed by atoms with van der Waals surface area (Å²) in [5.41, 5.74) is 0. The molecule has 0 aliphatic carbocycles. The summed E-state index contributed by atoms with van der Waals surface area (Å²) in [6, 6.07) is 0. The molecule has 1 rings (SSSR count). The van der Waals surface area contributed by atoms with Gasteiger partial charge >= 0.3 is 55.0 Å². The molecule has 0 aromatic carbocycles. The molecule has 0 N–H and O–H groups in total. The summed E-state index contributed by atoms with van der Waals surface area (Å²) in [4.78, 5) is 0. The van der Waals surface area contributed by atoms with E-state index in [1.54, 1.807) is 0 Å². The third-order valence-electron chi connectivity index (χ3n) is 1.66. The van der Waals surface area contributed by atoms with Crippen molar-refractivity contribution in [1.82, 2.24) is 0 Å². The molecule has 1 heterocycles. The van der Waals surface area contributed by atoms with Gasteiger partial charge in [0.15, 0.2) is 0 Å². The number of hydrogen-bond acceptors (Lipinski definition) is 0. The van der Waals surface area contributed by atoms with Gasteiger partial charge in [-0.25, -0.2) is 0 Å². The molecule has 0 spiro atoms. The van der Waals surface area contributed by atoms with Crippen LogP contribution in [0.5, 0.6) is 0 Å². The molecule has 0 bridgehead atoms. The van der Waals surface area contributed by atoms with Crippen LogP contribution < -0.4 is 0 Å². The van der Waals surface area contributed by atoms with Gasteiger partial charge in [-0.3, -0.25) is 0 Å². The molecule has 6 heteroatoms. The van der Waals surface area contributed by atoms with Gasteiger partial charge < -0.3 is 0 Å². The van der Waals surface area contributed by atoms with Crippen molar-refractivity contribution in [1.29, 1.82) is 0 Å². The molecule has 1 saturated heterocycles. The Morgan fingerprint density at radius 1 is 1.25 bits per heavy atom. The first kappa shape index (κ1) is 14.6. The molecule has 0 atom stereocenters. The van der Waals surface area contributed by atoms with Crippen LogP contribution in [-0.2, 0) is 12.6 Å². The third kappa shape index (κ3) is 8.00. The molecule has 1 fully saturated rings. The van der Waals surface area contributed by atoms with Crippen LogP contribution in [0, 0.1) is 0 Å². The summed E-state index contributed by atoms with van der Waals surface area (Å²) in [6.45, 7) is 2.34. The van der Waals surface area contributed by atoms with Crippen molar-refractivity contribution in [2.24, 2.45) is 0 Å². The molecule has 0 unspecified atom stereocenters. The molecule has 0 amide bonds. The van der Waals surface area contributed by atoms with Gasteiger partial charge in [0.1, 0.15) is 13.1 Å². The zero-order chi connectivity index (χ0) is 9.40. The summed E-state index contributed by atoms with van der Waals surface area (Å²) in [6.07, 6.45) is 4.01. The van der Waals surface area contributed by atoms with E-state index in [0.717, 1.165) is 4.38 Å². The number of rotatable bonds is 0. The van der Waals surface area contributed by atoms with E-state index in [-0.39, 0.29) is 13.6 Å². The Labute approximate surface area is 115 Å². The number of thiol groups is 1. The van der Waals surface area contributed by atoms with E-state index in [2.05, 4.69) is 66.8 Å². The number of nitrogens with zero attached hydrogens (tertiary/aromatic N) is 1. The van der Waals surface area contributed by atoms with E-state index in [4.69, 9.17) is 0 Å². The van der Waals surface area contributed by atoms with Crippen molar-refractivity contribution in [2.45, 2.75) is 19.3 Å². The molecule has 1 aliphatic heterocycles. The normalized spacial score (nSPS) is 16.5. The van der Waals surface area contributed by atoms with Crippen LogP contribution >= 0.6 is 49.6 Å². The first-order valence-electron chi connectivity index (χ1n) is 3.67. The minimum atomic E-state index is 0.290.